The third-order valence-electron chi connectivity index (χ3n) is 3.70. The van der Waals surface area contributed by atoms with Crippen LogP contribution in [-0.4, -0.2) is 12.5 Å². The fourth-order valence-corrected chi connectivity index (χ4v) is 3.32. The molecule has 1 aliphatic heterocycles. The van der Waals surface area contributed by atoms with Crippen LogP contribution in [0.1, 0.15) is 31.2 Å². The average Bonchev–Trinajstić information content (AvgIpc) is 3.01. The molecule has 5 heteroatoms. The van der Waals surface area contributed by atoms with Crippen molar-refractivity contribution < 1.29 is 4.79 Å². The van der Waals surface area contributed by atoms with Crippen LogP contribution in [0.5, 0.6) is 0 Å². The third-order valence-corrected chi connectivity index (χ3v) is 4.80. The summed E-state index contributed by atoms with van der Waals surface area (Å²) in [6.45, 7) is 3.02. The van der Waals surface area contributed by atoms with E-state index in [1.165, 1.54) is 22.5 Å². The molecule has 1 aromatic carbocycles. The van der Waals surface area contributed by atoms with E-state index in [1.807, 2.05) is 12.1 Å². The number of thiophene rings is 1. The van der Waals surface area contributed by atoms with E-state index in [4.69, 9.17) is 5.73 Å². The highest BCUT2D eigenvalue weighted by Crippen LogP contribution is 2.17. The maximum atomic E-state index is 12.1. The van der Waals surface area contributed by atoms with Crippen molar-refractivity contribution in [3.63, 3.8) is 0 Å². The highest BCUT2D eigenvalue weighted by atomic mass is 32.1. The van der Waals surface area contributed by atoms with Crippen molar-refractivity contribution in [2.24, 2.45) is 5.73 Å². The normalized spacial score (nSPS) is 13.8. The Kier molecular flexibility index (Phi) is 4.34. The number of fused-ring (bicyclic) bond motifs is 1. The second kappa shape index (κ2) is 6.39. The van der Waals surface area contributed by atoms with Gasteiger partial charge in [-0.25, -0.2) is 0 Å². The lowest BCUT2D eigenvalue weighted by Crippen LogP contribution is -2.25. The minimum Gasteiger partial charge on any atom is -0.347 e. The maximum Gasteiger partial charge on any atom is 0.261 e. The van der Waals surface area contributed by atoms with Gasteiger partial charge in [0, 0.05) is 24.5 Å². The largest absolute Gasteiger partial charge is 0.347 e. The first kappa shape index (κ1) is 14.3. The van der Waals surface area contributed by atoms with Gasteiger partial charge in [0.05, 0.1) is 4.88 Å². The Hall–Kier alpha value is -1.69. The van der Waals surface area contributed by atoms with E-state index in [-0.39, 0.29) is 5.91 Å². The number of nitrogens with two attached hydrogens (primary N) is 1. The summed E-state index contributed by atoms with van der Waals surface area (Å²) in [5.74, 6) is -0.0286. The zero-order chi connectivity index (χ0) is 14.7. The summed E-state index contributed by atoms with van der Waals surface area (Å²) in [6, 6.07) is 10.2. The van der Waals surface area contributed by atoms with Gasteiger partial charge < -0.3 is 16.4 Å². The molecule has 1 amide bonds. The SMILES string of the molecule is NCc1ccc(C(=O)NCc2ccc3c(c2)CCNC3)s1. The number of carbonyl (C=O) groups excluding carboxylic acids is 1. The second-order valence-corrected chi connectivity index (χ2v) is 6.35. The predicted molar refractivity (Wildman–Crippen MR) is 85.2 cm³/mol. The van der Waals surface area contributed by atoms with E-state index in [0.29, 0.717) is 13.1 Å². The number of amides is 1. The monoisotopic (exact) mass is 301 g/mol. The van der Waals surface area contributed by atoms with Crippen LogP contribution in [0.2, 0.25) is 0 Å². The zero-order valence-corrected chi connectivity index (χ0v) is 12.6. The standard InChI is InChI=1S/C16H19N3OS/c17-8-14-3-4-15(21-14)16(20)19-9-11-1-2-13-10-18-6-5-12(13)7-11/h1-4,7,18H,5-6,8-10,17H2,(H,19,20). The van der Waals surface area contributed by atoms with Gasteiger partial charge in [0.2, 0.25) is 0 Å². The number of benzene rings is 1. The van der Waals surface area contributed by atoms with Gasteiger partial charge in [-0.1, -0.05) is 18.2 Å². The van der Waals surface area contributed by atoms with E-state index in [1.54, 1.807) is 0 Å². The molecule has 1 aliphatic rings. The molecule has 0 spiro atoms. The van der Waals surface area contributed by atoms with Crippen molar-refractivity contribution in [1.29, 1.82) is 0 Å². The zero-order valence-electron chi connectivity index (χ0n) is 11.8. The molecule has 0 radical (unpaired) electrons. The number of hydrogen-bond acceptors (Lipinski definition) is 4. The summed E-state index contributed by atoms with van der Waals surface area (Å²) in [4.78, 5) is 13.8. The number of hydrogen-bond donors (Lipinski definition) is 3. The van der Waals surface area contributed by atoms with Crippen LogP contribution in [0, 0.1) is 0 Å². The van der Waals surface area contributed by atoms with E-state index in [9.17, 15) is 4.79 Å². The molecule has 0 fully saturated rings. The Bertz CT molecular complexity index is 651. The molecule has 2 heterocycles. The van der Waals surface area contributed by atoms with Gasteiger partial charge >= 0.3 is 0 Å². The predicted octanol–water partition coefficient (Wildman–Crippen LogP) is 1.78. The van der Waals surface area contributed by atoms with Crippen molar-refractivity contribution in [2.75, 3.05) is 6.54 Å². The van der Waals surface area contributed by atoms with Gasteiger partial charge in [-0.05, 0) is 41.8 Å². The van der Waals surface area contributed by atoms with Gasteiger partial charge in [0.15, 0.2) is 0 Å². The van der Waals surface area contributed by atoms with Crippen LogP contribution < -0.4 is 16.4 Å². The summed E-state index contributed by atoms with van der Waals surface area (Å²) in [5.41, 5.74) is 9.47. The molecule has 0 unspecified atom stereocenters. The lowest BCUT2D eigenvalue weighted by atomic mass is 9.98. The van der Waals surface area contributed by atoms with Crippen molar-refractivity contribution in [1.82, 2.24) is 10.6 Å². The topological polar surface area (TPSA) is 67.2 Å². The first-order chi connectivity index (χ1) is 10.3. The summed E-state index contributed by atoms with van der Waals surface area (Å²) < 4.78 is 0. The molecule has 0 aliphatic carbocycles. The van der Waals surface area contributed by atoms with Crippen molar-refractivity contribution in [3.05, 3.63) is 56.8 Å². The molecule has 0 saturated carbocycles. The maximum absolute atomic E-state index is 12.1. The van der Waals surface area contributed by atoms with Crippen LogP contribution in [-0.2, 0) is 26.1 Å². The molecule has 3 rings (SSSR count). The van der Waals surface area contributed by atoms with Crippen LogP contribution in [0.25, 0.3) is 0 Å². The van der Waals surface area contributed by atoms with Crippen molar-refractivity contribution >= 4 is 17.2 Å². The second-order valence-electron chi connectivity index (χ2n) is 5.18. The lowest BCUT2D eigenvalue weighted by molar-refractivity contribution is 0.0955. The number of nitrogens with one attached hydrogen (secondary N) is 2. The Balaban J connectivity index is 1.63. The summed E-state index contributed by atoms with van der Waals surface area (Å²) in [6.07, 6.45) is 1.06. The van der Waals surface area contributed by atoms with Crippen molar-refractivity contribution in [3.8, 4) is 0 Å². The Labute approximate surface area is 128 Å². The molecule has 0 bridgehead atoms. The lowest BCUT2D eigenvalue weighted by Gasteiger charge is -2.18. The van der Waals surface area contributed by atoms with Crippen LogP contribution in [0.4, 0.5) is 0 Å². The molecule has 4 nitrogen and oxygen atoms in total. The van der Waals surface area contributed by atoms with Gasteiger partial charge in [0.1, 0.15) is 0 Å². The summed E-state index contributed by atoms with van der Waals surface area (Å²) in [5, 5.41) is 6.34. The Morgan fingerprint density at radius 2 is 2.19 bits per heavy atom. The summed E-state index contributed by atoms with van der Waals surface area (Å²) >= 11 is 1.45. The minimum absolute atomic E-state index is 0.0286. The van der Waals surface area contributed by atoms with Crippen LogP contribution >= 0.6 is 11.3 Å². The minimum atomic E-state index is -0.0286. The molecule has 0 saturated heterocycles. The van der Waals surface area contributed by atoms with E-state index in [2.05, 4.69) is 28.8 Å². The van der Waals surface area contributed by atoms with Gasteiger partial charge in [-0.2, -0.15) is 0 Å². The quantitative estimate of drug-likeness (QED) is 0.806. The first-order valence-electron chi connectivity index (χ1n) is 7.14. The molecule has 4 N–H and O–H groups in total. The van der Waals surface area contributed by atoms with E-state index in [0.717, 1.165) is 34.8 Å². The Morgan fingerprint density at radius 1 is 1.29 bits per heavy atom. The molecule has 2 aromatic rings. The van der Waals surface area contributed by atoms with E-state index >= 15 is 0 Å². The highest BCUT2D eigenvalue weighted by Gasteiger charge is 2.11. The highest BCUT2D eigenvalue weighted by molar-refractivity contribution is 7.14. The smallest absolute Gasteiger partial charge is 0.261 e. The van der Waals surface area contributed by atoms with Crippen LogP contribution in [0.3, 0.4) is 0 Å². The van der Waals surface area contributed by atoms with Crippen LogP contribution in [0.15, 0.2) is 30.3 Å². The fraction of sp³-hybridized carbons (Fsp3) is 0.312. The Morgan fingerprint density at radius 3 is 3.00 bits per heavy atom. The first-order valence-corrected chi connectivity index (χ1v) is 7.96. The fourth-order valence-electron chi connectivity index (χ4n) is 2.52. The molecule has 1 aromatic heterocycles. The third kappa shape index (κ3) is 3.32. The molecule has 0 atom stereocenters. The van der Waals surface area contributed by atoms with Gasteiger partial charge in [-0.15, -0.1) is 11.3 Å². The molecule has 110 valence electrons. The van der Waals surface area contributed by atoms with E-state index < -0.39 is 0 Å². The average molecular weight is 301 g/mol. The van der Waals surface area contributed by atoms with Gasteiger partial charge in [-0.3, -0.25) is 4.79 Å². The number of rotatable bonds is 4. The van der Waals surface area contributed by atoms with Crippen molar-refractivity contribution in [2.45, 2.75) is 26.1 Å². The number of carbonyl (C=O) groups is 1. The molecular weight excluding hydrogens is 282 g/mol. The summed E-state index contributed by atoms with van der Waals surface area (Å²) in [7, 11) is 0. The van der Waals surface area contributed by atoms with Gasteiger partial charge in [0.25, 0.3) is 5.91 Å². The molecular formula is C16H19N3OS. The molecule has 21 heavy (non-hydrogen) atoms.